The van der Waals surface area contributed by atoms with E-state index in [1.165, 1.54) is 7.05 Å². The highest BCUT2D eigenvalue weighted by atomic mass is 19.1. The lowest BCUT2D eigenvalue weighted by Gasteiger charge is -2.38. The van der Waals surface area contributed by atoms with Crippen LogP contribution in [0.25, 0.3) is 0 Å². The highest BCUT2D eigenvalue weighted by molar-refractivity contribution is 5.68. The van der Waals surface area contributed by atoms with E-state index in [1.54, 1.807) is 20.8 Å². The molecule has 0 unspecified atom stereocenters. The number of hydrogen-bond donors (Lipinski definition) is 1. The Morgan fingerprint density at radius 1 is 1.38 bits per heavy atom. The Balaban J connectivity index is 2.61. The molecule has 1 fully saturated rings. The summed E-state index contributed by atoms with van der Waals surface area (Å²) in [5.41, 5.74) is -0.589. The maximum absolute atomic E-state index is 14.4. The van der Waals surface area contributed by atoms with Crippen LogP contribution in [0.15, 0.2) is 0 Å². The molecule has 0 atom stereocenters. The zero-order valence-corrected chi connectivity index (χ0v) is 10.5. The Hall–Kier alpha value is -0.840. The fraction of sp³-hybridized carbons (Fsp3) is 0.909. The van der Waals surface area contributed by atoms with Gasteiger partial charge in [0.25, 0.3) is 0 Å². The number of alkyl halides is 1. The average molecular weight is 232 g/mol. The molecular formula is C11H21FN2O2. The van der Waals surface area contributed by atoms with E-state index in [1.807, 2.05) is 0 Å². The van der Waals surface area contributed by atoms with Crippen LogP contribution in [0.4, 0.5) is 9.18 Å². The SMILES string of the molecule is CN(C(=O)OC(C)(C)C)C1(F)CCNCC1. The van der Waals surface area contributed by atoms with E-state index in [4.69, 9.17) is 4.74 Å². The van der Waals surface area contributed by atoms with Gasteiger partial charge in [-0.15, -0.1) is 0 Å². The zero-order chi connectivity index (χ0) is 12.4. The molecule has 0 spiro atoms. The summed E-state index contributed by atoms with van der Waals surface area (Å²) in [6.45, 7) is 6.48. The lowest BCUT2D eigenvalue weighted by molar-refractivity contribution is -0.0560. The van der Waals surface area contributed by atoms with Crippen molar-refractivity contribution in [2.45, 2.75) is 45.0 Å². The first kappa shape index (κ1) is 13.2. The summed E-state index contributed by atoms with van der Waals surface area (Å²) in [5, 5.41) is 3.06. The van der Waals surface area contributed by atoms with Crippen LogP contribution in [-0.4, -0.2) is 42.5 Å². The minimum Gasteiger partial charge on any atom is -0.444 e. The van der Waals surface area contributed by atoms with Crippen LogP contribution >= 0.6 is 0 Å². The Kier molecular flexibility index (Phi) is 3.78. The quantitative estimate of drug-likeness (QED) is 0.702. The first-order valence-electron chi connectivity index (χ1n) is 5.61. The third-order valence-electron chi connectivity index (χ3n) is 2.64. The lowest BCUT2D eigenvalue weighted by atomic mass is 10.0. The molecule has 0 aliphatic carbocycles. The topological polar surface area (TPSA) is 41.6 Å². The number of ether oxygens (including phenoxy) is 1. The summed E-state index contributed by atoms with van der Waals surface area (Å²) in [5.74, 6) is -1.58. The fourth-order valence-corrected chi connectivity index (χ4v) is 1.64. The molecule has 5 heteroatoms. The molecule has 0 aromatic heterocycles. The first-order valence-corrected chi connectivity index (χ1v) is 5.61. The minimum absolute atomic E-state index is 0.308. The van der Waals surface area contributed by atoms with E-state index in [0.717, 1.165) is 4.90 Å². The maximum Gasteiger partial charge on any atom is 0.412 e. The van der Waals surface area contributed by atoms with Gasteiger partial charge in [0.2, 0.25) is 0 Å². The second kappa shape index (κ2) is 4.57. The molecule has 4 nitrogen and oxygen atoms in total. The highest BCUT2D eigenvalue weighted by Crippen LogP contribution is 2.27. The maximum atomic E-state index is 14.4. The minimum atomic E-state index is -1.58. The van der Waals surface area contributed by atoms with E-state index in [-0.39, 0.29) is 0 Å². The number of carbonyl (C=O) groups is 1. The van der Waals surface area contributed by atoms with Crippen LogP contribution in [-0.2, 0) is 4.74 Å². The standard InChI is InChI=1S/C11H21FN2O2/c1-10(2,3)16-9(15)14(4)11(12)5-7-13-8-6-11/h13H,5-8H2,1-4H3. The van der Waals surface area contributed by atoms with Gasteiger partial charge in [0.15, 0.2) is 5.79 Å². The molecule has 94 valence electrons. The van der Waals surface area contributed by atoms with Crippen molar-refractivity contribution in [1.82, 2.24) is 10.2 Å². The van der Waals surface area contributed by atoms with Gasteiger partial charge < -0.3 is 10.1 Å². The summed E-state index contributed by atoms with van der Waals surface area (Å²) in [6, 6.07) is 0. The van der Waals surface area contributed by atoms with Gasteiger partial charge in [0, 0.05) is 33.0 Å². The van der Waals surface area contributed by atoms with Crippen molar-refractivity contribution in [3.63, 3.8) is 0 Å². The lowest BCUT2D eigenvalue weighted by Crippen LogP contribution is -2.53. The van der Waals surface area contributed by atoms with Gasteiger partial charge in [0.05, 0.1) is 0 Å². The van der Waals surface area contributed by atoms with E-state index < -0.39 is 17.5 Å². The first-order chi connectivity index (χ1) is 7.25. The van der Waals surface area contributed by atoms with E-state index in [2.05, 4.69) is 5.32 Å². The van der Waals surface area contributed by atoms with Gasteiger partial charge >= 0.3 is 6.09 Å². The molecule has 0 radical (unpaired) electrons. The van der Waals surface area contributed by atoms with Crippen molar-refractivity contribution < 1.29 is 13.9 Å². The number of nitrogens with zero attached hydrogens (tertiary/aromatic N) is 1. The van der Waals surface area contributed by atoms with Gasteiger partial charge in [0.1, 0.15) is 5.60 Å². The van der Waals surface area contributed by atoms with Crippen molar-refractivity contribution in [2.75, 3.05) is 20.1 Å². The molecule has 1 rings (SSSR count). The number of nitrogens with one attached hydrogen (secondary N) is 1. The average Bonchev–Trinajstić information content (AvgIpc) is 2.15. The molecule has 1 saturated heterocycles. The van der Waals surface area contributed by atoms with E-state index >= 15 is 0 Å². The van der Waals surface area contributed by atoms with Crippen molar-refractivity contribution in [1.29, 1.82) is 0 Å². The second-order valence-corrected chi connectivity index (χ2v) is 5.21. The summed E-state index contributed by atoms with van der Waals surface area (Å²) in [7, 11) is 1.46. The highest BCUT2D eigenvalue weighted by Gasteiger charge is 2.40. The molecule has 1 N–H and O–H groups in total. The molecule has 0 bridgehead atoms. The molecule has 0 aromatic rings. The monoisotopic (exact) mass is 232 g/mol. The molecule has 1 aliphatic heterocycles. The largest absolute Gasteiger partial charge is 0.444 e. The van der Waals surface area contributed by atoms with Gasteiger partial charge in [-0.25, -0.2) is 9.18 Å². The van der Waals surface area contributed by atoms with Gasteiger partial charge in [-0.3, -0.25) is 4.90 Å². The summed E-state index contributed by atoms with van der Waals surface area (Å²) in [6.07, 6.45) is 0.0165. The third kappa shape index (κ3) is 3.33. The summed E-state index contributed by atoms with van der Waals surface area (Å²) < 4.78 is 19.5. The number of piperidine rings is 1. The number of amides is 1. The Labute approximate surface area is 96.1 Å². The van der Waals surface area contributed by atoms with Crippen LogP contribution in [0, 0.1) is 0 Å². The summed E-state index contributed by atoms with van der Waals surface area (Å²) >= 11 is 0. The number of halogens is 1. The molecule has 1 amide bonds. The molecule has 1 heterocycles. The second-order valence-electron chi connectivity index (χ2n) is 5.21. The molecule has 0 saturated carbocycles. The van der Waals surface area contributed by atoms with Crippen molar-refractivity contribution in [2.24, 2.45) is 0 Å². The summed E-state index contributed by atoms with van der Waals surface area (Å²) in [4.78, 5) is 12.8. The Morgan fingerprint density at radius 3 is 2.31 bits per heavy atom. The van der Waals surface area contributed by atoms with Crippen LogP contribution in [0.2, 0.25) is 0 Å². The van der Waals surface area contributed by atoms with Crippen LogP contribution < -0.4 is 5.32 Å². The molecular weight excluding hydrogens is 211 g/mol. The number of carbonyl (C=O) groups excluding carboxylic acids is 1. The molecule has 0 aromatic carbocycles. The Morgan fingerprint density at radius 2 is 1.88 bits per heavy atom. The van der Waals surface area contributed by atoms with Crippen LogP contribution in [0.1, 0.15) is 33.6 Å². The van der Waals surface area contributed by atoms with E-state index in [9.17, 15) is 9.18 Å². The number of hydrogen-bond acceptors (Lipinski definition) is 3. The van der Waals surface area contributed by atoms with Gasteiger partial charge in [-0.05, 0) is 20.8 Å². The van der Waals surface area contributed by atoms with Crippen molar-refractivity contribution >= 4 is 6.09 Å². The van der Waals surface area contributed by atoms with Gasteiger partial charge in [-0.1, -0.05) is 0 Å². The molecule has 1 aliphatic rings. The van der Waals surface area contributed by atoms with Gasteiger partial charge in [-0.2, -0.15) is 0 Å². The predicted molar refractivity (Wildman–Crippen MR) is 59.9 cm³/mol. The smallest absolute Gasteiger partial charge is 0.412 e. The van der Waals surface area contributed by atoms with Crippen molar-refractivity contribution in [3.8, 4) is 0 Å². The predicted octanol–water partition coefficient (Wildman–Crippen LogP) is 1.90. The third-order valence-corrected chi connectivity index (χ3v) is 2.64. The zero-order valence-electron chi connectivity index (χ0n) is 10.5. The molecule has 16 heavy (non-hydrogen) atoms. The van der Waals surface area contributed by atoms with Crippen LogP contribution in [0.3, 0.4) is 0 Å². The normalized spacial score (nSPS) is 20.3. The number of rotatable bonds is 1. The fourth-order valence-electron chi connectivity index (χ4n) is 1.64. The Bertz CT molecular complexity index is 257. The van der Waals surface area contributed by atoms with Crippen LogP contribution in [0.5, 0.6) is 0 Å². The van der Waals surface area contributed by atoms with Crippen molar-refractivity contribution in [3.05, 3.63) is 0 Å². The van der Waals surface area contributed by atoms with E-state index in [0.29, 0.717) is 25.9 Å².